The van der Waals surface area contributed by atoms with Gasteiger partial charge in [0.05, 0.1) is 6.04 Å². The Balaban J connectivity index is 2.05. The fourth-order valence-corrected chi connectivity index (χ4v) is 2.65. The van der Waals surface area contributed by atoms with Crippen molar-refractivity contribution in [2.24, 2.45) is 11.1 Å². The molecule has 0 spiro atoms. The zero-order chi connectivity index (χ0) is 13.2. The van der Waals surface area contributed by atoms with E-state index in [1.54, 1.807) is 0 Å². The van der Waals surface area contributed by atoms with Crippen molar-refractivity contribution in [1.82, 2.24) is 4.90 Å². The van der Waals surface area contributed by atoms with Gasteiger partial charge in [-0.25, -0.2) is 0 Å². The van der Waals surface area contributed by atoms with Crippen LogP contribution in [0.3, 0.4) is 0 Å². The number of likely N-dealkylation sites (tertiary alicyclic amines) is 1. The van der Waals surface area contributed by atoms with E-state index in [0.29, 0.717) is 12.0 Å². The third-order valence-electron chi connectivity index (χ3n) is 4.17. The van der Waals surface area contributed by atoms with Gasteiger partial charge in [0, 0.05) is 13.0 Å². The molecular weight excluding hydrogens is 224 g/mol. The van der Waals surface area contributed by atoms with E-state index in [1.165, 1.54) is 12.8 Å². The van der Waals surface area contributed by atoms with E-state index in [0.717, 1.165) is 31.0 Å². The quantitative estimate of drug-likeness (QED) is 0.893. The molecule has 0 amide bonds. The maximum absolute atomic E-state index is 5.95. The first-order chi connectivity index (χ1) is 8.55. The molecule has 2 N–H and O–H groups in total. The van der Waals surface area contributed by atoms with Crippen LogP contribution in [0.15, 0.2) is 16.5 Å². The van der Waals surface area contributed by atoms with E-state index in [9.17, 15) is 0 Å². The van der Waals surface area contributed by atoms with Crippen molar-refractivity contribution >= 4 is 0 Å². The lowest BCUT2D eigenvalue weighted by atomic mass is 9.82. The molecule has 0 aromatic carbocycles. The molecule has 1 fully saturated rings. The van der Waals surface area contributed by atoms with Crippen molar-refractivity contribution in [3.05, 3.63) is 23.7 Å². The fourth-order valence-electron chi connectivity index (χ4n) is 2.65. The number of nitrogens with two attached hydrogens (primary N) is 1. The van der Waals surface area contributed by atoms with Crippen LogP contribution in [0.5, 0.6) is 0 Å². The van der Waals surface area contributed by atoms with Crippen molar-refractivity contribution in [3.63, 3.8) is 0 Å². The van der Waals surface area contributed by atoms with E-state index in [-0.39, 0.29) is 6.04 Å². The molecule has 1 aliphatic rings. The minimum atomic E-state index is 0.251. The van der Waals surface area contributed by atoms with E-state index in [1.807, 2.05) is 0 Å². The number of hydrogen-bond donors (Lipinski definition) is 1. The first-order valence-corrected chi connectivity index (χ1v) is 7.08. The minimum Gasteiger partial charge on any atom is -0.464 e. The number of rotatable bonds is 4. The molecule has 0 aliphatic carbocycles. The maximum atomic E-state index is 5.95. The van der Waals surface area contributed by atoms with Gasteiger partial charge in [-0.15, -0.1) is 0 Å². The molecule has 1 atom stereocenters. The van der Waals surface area contributed by atoms with Gasteiger partial charge in [0.15, 0.2) is 0 Å². The highest BCUT2D eigenvalue weighted by atomic mass is 16.3. The lowest BCUT2D eigenvalue weighted by molar-refractivity contribution is 0.0865. The largest absolute Gasteiger partial charge is 0.464 e. The molecule has 0 radical (unpaired) electrons. The van der Waals surface area contributed by atoms with Gasteiger partial charge in [-0.2, -0.15) is 0 Å². The van der Waals surface area contributed by atoms with Crippen molar-refractivity contribution in [1.29, 1.82) is 0 Å². The van der Waals surface area contributed by atoms with Crippen LogP contribution in [0.25, 0.3) is 0 Å². The molecule has 0 saturated carbocycles. The van der Waals surface area contributed by atoms with Gasteiger partial charge < -0.3 is 10.2 Å². The van der Waals surface area contributed by atoms with Crippen LogP contribution in [0.4, 0.5) is 0 Å². The second-order valence-electron chi connectivity index (χ2n) is 6.11. The summed E-state index contributed by atoms with van der Waals surface area (Å²) in [5.41, 5.74) is 6.43. The molecule has 2 heterocycles. The molecule has 1 aromatic rings. The van der Waals surface area contributed by atoms with Crippen LogP contribution in [0.2, 0.25) is 0 Å². The summed E-state index contributed by atoms with van der Waals surface area (Å²) in [4.78, 5) is 2.48. The third-order valence-corrected chi connectivity index (χ3v) is 4.17. The Bertz CT molecular complexity index is 374. The molecule has 1 saturated heterocycles. The highest BCUT2D eigenvalue weighted by Crippen LogP contribution is 2.34. The molecule has 1 unspecified atom stereocenters. The summed E-state index contributed by atoms with van der Waals surface area (Å²) in [6.07, 6.45) is 3.43. The summed E-state index contributed by atoms with van der Waals surface area (Å²) < 4.78 is 5.87. The first kappa shape index (κ1) is 13.6. The van der Waals surface area contributed by atoms with E-state index >= 15 is 0 Å². The SMILES string of the molecule is CCc1ccc(C(CN)N2CCC(C)(C)CC2)o1. The van der Waals surface area contributed by atoms with Crippen molar-refractivity contribution < 1.29 is 4.42 Å². The van der Waals surface area contributed by atoms with E-state index < -0.39 is 0 Å². The number of aryl methyl sites for hydroxylation is 1. The summed E-state index contributed by atoms with van der Waals surface area (Å²) in [6, 6.07) is 4.42. The van der Waals surface area contributed by atoms with Crippen LogP contribution in [-0.2, 0) is 6.42 Å². The van der Waals surface area contributed by atoms with Crippen LogP contribution in [-0.4, -0.2) is 24.5 Å². The maximum Gasteiger partial charge on any atom is 0.122 e. The molecule has 3 nitrogen and oxygen atoms in total. The highest BCUT2D eigenvalue weighted by Gasteiger charge is 2.30. The third kappa shape index (κ3) is 2.96. The van der Waals surface area contributed by atoms with Crippen molar-refractivity contribution in [3.8, 4) is 0 Å². The van der Waals surface area contributed by atoms with Gasteiger partial charge in [0.1, 0.15) is 11.5 Å². The summed E-state index contributed by atoms with van der Waals surface area (Å²) in [5.74, 6) is 2.09. The van der Waals surface area contributed by atoms with E-state index in [4.69, 9.17) is 10.2 Å². The van der Waals surface area contributed by atoms with Gasteiger partial charge in [-0.1, -0.05) is 20.8 Å². The average Bonchev–Trinajstić information content (AvgIpc) is 2.81. The summed E-state index contributed by atoms with van der Waals surface area (Å²) in [7, 11) is 0. The van der Waals surface area contributed by atoms with Gasteiger partial charge in [-0.3, -0.25) is 4.90 Å². The van der Waals surface area contributed by atoms with Crippen LogP contribution in [0, 0.1) is 5.41 Å². The smallest absolute Gasteiger partial charge is 0.122 e. The highest BCUT2D eigenvalue weighted by molar-refractivity contribution is 5.11. The van der Waals surface area contributed by atoms with Crippen molar-refractivity contribution in [2.75, 3.05) is 19.6 Å². The lowest BCUT2D eigenvalue weighted by Crippen LogP contribution is -2.42. The molecule has 1 aliphatic heterocycles. The lowest BCUT2D eigenvalue weighted by Gasteiger charge is -2.40. The number of hydrogen-bond acceptors (Lipinski definition) is 3. The predicted molar refractivity (Wildman–Crippen MR) is 74.5 cm³/mol. The van der Waals surface area contributed by atoms with Crippen LogP contribution < -0.4 is 5.73 Å². The molecule has 102 valence electrons. The minimum absolute atomic E-state index is 0.251. The molecular formula is C15H26N2O. The summed E-state index contributed by atoms with van der Waals surface area (Å²) in [5, 5.41) is 0. The summed E-state index contributed by atoms with van der Waals surface area (Å²) in [6.45, 7) is 9.70. The van der Waals surface area contributed by atoms with Crippen molar-refractivity contribution in [2.45, 2.75) is 46.1 Å². The zero-order valence-electron chi connectivity index (χ0n) is 11.9. The van der Waals surface area contributed by atoms with Crippen LogP contribution in [0.1, 0.15) is 51.2 Å². The Morgan fingerprint density at radius 2 is 2.00 bits per heavy atom. The topological polar surface area (TPSA) is 42.4 Å². The number of nitrogens with zero attached hydrogens (tertiary/aromatic N) is 1. The monoisotopic (exact) mass is 250 g/mol. The van der Waals surface area contributed by atoms with Gasteiger partial charge in [0.2, 0.25) is 0 Å². The second kappa shape index (κ2) is 5.45. The molecule has 1 aromatic heterocycles. The predicted octanol–water partition coefficient (Wildman–Crippen LogP) is 2.96. The Morgan fingerprint density at radius 3 is 2.50 bits per heavy atom. The molecule has 3 heteroatoms. The molecule has 18 heavy (non-hydrogen) atoms. The van der Waals surface area contributed by atoms with Gasteiger partial charge >= 0.3 is 0 Å². The van der Waals surface area contributed by atoms with Gasteiger partial charge in [0.25, 0.3) is 0 Å². The number of piperidine rings is 1. The second-order valence-corrected chi connectivity index (χ2v) is 6.11. The Hall–Kier alpha value is -0.800. The summed E-state index contributed by atoms with van der Waals surface area (Å²) >= 11 is 0. The number of furan rings is 1. The first-order valence-electron chi connectivity index (χ1n) is 7.08. The van der Waals surface area contributed by atoms with Gasteiger partial charge in [-0.05, 0) is 43.5 Å². The Labute approximate surface area is 110 Å². The Kier molecular flexibility index (Phi) is 4.13. The normalized spacial score (nSPS) is 22.0. The average molecular weight is 250 g/mol. The molecule has 2 rings (SSSR count). The zero-order valence-corrected chi connectivity index (χ0v) is 11.9. The molecule has 0 bridgehead atoms. The fraction of sp³-hybridized carbons (Fsp3) is 0.733. The van der Waals surface area contributed by atoms with Crippen LogP contribution >= 0.6 is 0 Å². The standard InChI is InChI=1S/C15H26N2O/c1-4-12-5-6-14(18-12)13(11-16)17-9-7-15(2,3)8-10-17/h5-6,13H,4,7-11,16H2,1-3H3. The van der Waals surface area contributed by atoms with E-state index in [2.05, 4.69) is 37.8 Å². The Morgan fingerprint density at radius 1 is 1.33 bits per heavy atom.